The van der Waals surface area contributed by atoms with Crippen molar-refractivity contribution in [2.75, 3.05) is 0 Å². The molecule has 0 aromatic heterocycles. The number of carbonyl (C=O) groups is 1. The van der Waals surface area contributed by atoms with Crippen molar-refractivity contribution >= 4 is 5.78 Å². The first kappa shape index (κ1) is 14.4. The topological polar surface area (TPSA) is 17.1 Å². The molecule has 0 saturated heterocycles. The van der Waals surface area contributed by atoms with Gasteiger partial charge in [-0.3, -0.25) is 4.79 Å². The normalized spacial score (nSPS) is 10.6. The fourth-order valence-electron chi connectivity index (χ4n) is 2.04. The Balaban J connectivity index is 2.23. The maximum absolute atomic E-state index is 13.6. The lowest BCUT2D eigenvalue weighted by molar-refractivity contribution is 0.103. The number of carbonyl (C=O) groups excluding carboxylic acids is 1. The average Bonchev–Trinajstić information content (AvgIpc) is 2.48. The van der Waals surface area contributed by atoms with Crippen LogP contribution in [0.2, 0.25) is 0 Å². The molecule has 0 fully saturated rings. The molecule has 3 heteroatoms. The number of halogens is 2. The fraction of sp³-hybridized carbons (Fsp3) is 0.235. The van der Waals surface area contributed by atoms with Crippen LogP contribution in [0.1, 0.15) is 41.3 Å². The van der Waals surface area contributed by atoms with E-state index >= 15 is 0 Å². The van der Waals surface area contributed by atoms with Crippen molar-refractivity contribution in [2.45, 2.75) is 26.2 Å². The number of hydrogen-bond acceptors (Lipinski definition) is 1. The van der Waals surface area contributed by atoms with Gasteiger partial charge in [-0.15, -0.1) is 0 Å². The standard InChI is InChI=1S/C17H16F2O/c1-2-3-5-12-8-10-13(11-9-12)17(20)14-6-4-7-15(18)16(14)19/h4,6-11H,2-3,5H2,1H3. The number of rotatable bonds is 5. The van der Waals surface area contributed by atoms with Crippen molar-refractivity contribution in [3.8, 4) is 0 Å². The monoisotopic (exact) mass is 274 g/mol. The van der Waals surface area contributed by atoms with Gasteiger partial charge in [-0.05, 0) is 30.5 Å². The first-order valence-corrected chi connectivity index (χ1v) is 6.71. The molecule has 0 amide bonds. The highest BCUT2D eigenvalue weighted by atomic mass is 19.2. The third-order valence-corrected chi connectivity index (χ3v) is 3.23. The summed E-state index contributed by atoms with van der Waals surface area (Å²) in [7, 11) is 0. The molecule has 2 rings (SSSR count). The van der Waals surface area contributed by atoms with Gasteiger partial charge in [-0.25, -0.2) is 8.78 Å². The lowest BCUT2D eigenvalue weighted by atomic mass is 10.00. The third kappa shape index (κ3) is 3.10. The smallest absolute Gasteiger partial charge is 0.196 e. The number of unbranched alkanes of at least 4 members (excludes halogenated alkanes) is 1. The van der Waals surface area contributed by atoms with Crippen LogP contribution in [0.4, 0.5) is 8.78 Å². The molecule has 0 radical (unpaired) electrons. The Hall–Kier alpha value is -2.03. The Morgan fingerprint density at radius 2 is 1.75 bits per heavy atom. The number of aryl methyl sites for hydroxylation is 1. The molecule has 20 heavy (non-hydrogen) atoms. The van der Waals surface area contributed by atoms with Crippen LogP contribution in [-0.2, 0) is 6.42 Å². The molecule has 0 atom stereocenters. The quantitative estimate of drug-likeness (QED) is 0.732. The van der Waals surface area contributed by atoms with Crippen molar-refractivity contribution in [3.63, 3.8) is 0 Å². The highest BCUT2D eigenvalue weighted by molar-refractivity contribution is 6.09. The van der Waals surface area contributed by atoms with Gasteiger partial charge < -0.3 is 0 Å². The Labute approximate surface area is 117 Å². The second-order valence-corrected chi connectivity index (χ2v) is 4.73. The number of ketones is 1. The Bertz CT molecular complexity index is 603. The van der Waals surface area contributed by atoms with Gasteiger partial charge in [0.05, 0.1) is 5.56 Å². The zero-order valence-electron chi connectivity index (χ0n) is 11.3. The van der Waals surface area contributed by atoms with Crippen LogP contribution in [0, 0.1) is 11.6 Å². The molecule has 0 aliphatic carbocycles. The average molecular weight is 274 g/mol. The van der Waals surface area contributed by atoms with Crippen LogP contribution >= 0.6 is 0 Å². The van der Waals surface area contributed by atoms with E-state index < -0.39 is 17.4 Å². The minimum atomic E-state index is -1.09. The maximum Gasteiger partial charge on any atom is 0.196 e. The lowest BCUT2D eigenvalue weighted by Crippen LogP contribution is -2.05. The van der Waals surface area contributed by atoms with E-state index in [-0.39, 0.29) is 5.56 Å². The fourth-order valence-corrected chi connectivity index (χ4v) is 2.04. The molecule has 0 bridgehead atoms. The highest BCUT2D eigenvalue weighted by Crippen LogP contribution is 2.17. The van der Waals surface area contributed by atoms with Gasteiger partial charge in [0.25, 0.3) is 0 Å². The summed E-state index contributed by atoms with van der Waals surface area (Å²) >= 11 is 0. The van der Waals surface area contributed by atoms with E-state index in [1.54, 1.807) is 12.1 Å². The third-order valence-electron chi connectivity index (χ3n) is 3.23. The predicted octanol–water partition coefficient (Wildman–Crippen LogP) is 4.54. The summed E-state index contributed by atoms with van der Waals surface area (Å²) in [5.74, 6) is -2.59. The van der Waals surface area contributed by atoms with E-state index in [9.17, 15) is 13.6 Å². The van der Waals surface area contributed by atoms with Crippen LogP contribution < -0.4 is 0 Å². The van der Waals surface area contributed by atoms with Crippen LogP contribution in [0.25, 0.3) is 0 Å². The summed E-state index contributed by atoms with van der Waals surface area (Å²) in [6.07, 6.45) is 3.15. The zero-order chi connectivity index (χ0) is 14.5. The molecule has 0 aliphatic heterocycles. The Morgan fingerprint density at radius 1 is 1.05 bits per heavy atom. The Morgan fingerprint density at radius 3 is 2.40 bits per heavy atom. The van der Waals surface area contributed by atoms with Crippen molar-refractivity contribution in [1.82, 2.24) is 0 Å². The molecule has 1 nitrogen and oxygen atoms in total. The first-order chi connectivity index (χ1) is 9.63. The molecule has 104 valence electrons. The maximum atomic E-state index is 13.6. The summed E-state index contributed by atoms with van der Waals surface area (Å²) in [6, 6.07) is 10.7. The minimum absolute atomic E-state index is 0.230. The van der Waals surface area contributed by atoms with E-state index in [0.717, 1.165) is 30.9 Å². The molecule has 0 unspecified atom stereocenters. The van der Waals surface area contributed by atoms with Crippen LogP contribution in [0.15, 0.2) is 42.5 Å². The van der Waals surface area contributed by atoms with Crippen molar-refractivity contribution in [2.24, 2.45) is 0 Å². The summed E-state index contributed by atoms with van der Waals surface area (Å²) in [6.45, 7) is 2.12. The van der Waals surface area contributed by atoms with E-state index in [2.05, 4.69) is 6.92 Å². The first-order valence-electron chi connectivity index (χ1n) is 6.71. The van der Waals surface area contributed by atoms with E-state index in [1.165, 1.54) is 12.1 Å². The molecule has 0 heterocycles. The predicted molar refractivity (Wildman–Crippen MR) is 74.8 cm³/mol. The highest BCUT2D eigenvalue weighted by Gasteiger charge is 2.16. The molecular formula is C17H16F2O. The number of hydrogen-bond donors (Lipinski definition) is 0. The summed E-state index contributed by atoms with van der Waals surface area (Å²) in [4.78, 5) is 12.1. The zero-order valence-corrected chi connectivity index (χ0v) is 11.3. The molecular weight excluding hydrogens is 258 g/mol. The van der Waals surface area contributed by atoms with Crippen LogP contribution in [-0.4, -0.2) is 5.78 Å². The second-order valence-electron chi connectivity index (χ2n) is 4.73. The lowest BCUT2D eigenvalue weighted by Gasteiger charge is -2.05. The van der Waals surface area contributed by atoms with Gasteiger partial charge >= 0.3 is 0 Å². The van der Waals surface area contributed by atoms with Crippen LogP contribution in [0.3, 0.4) is 0 Å². The van der Waals surface area contributed by atoms with Gasteiger partial charge in [-0.2, -0.15) is 0 Å². The largest absolute Gasteiger partial charge is 0.288 e. The van der Waals surface area contributed by atoms with Gasteiger partial charge in [0.1, 0.15) is 0 Å². The van der Waals surface area contributed by atoms with Gasteiger partial charge in [0.2, 0.25) is 0 Å². The molecule has 0 spiro atoms. The van der Waals surface area contributed by atoms with Gasteiger partial charge in [0.15, 0.2) is 17.4 Å². The number of benzene rings is 2. The molecule has 0 saturated carbocycles. The van der Waals surface area contributed by atoms with Gasteiger partial charge in [0, 0.05) is 5.56 Å². The van der Waals surface area contributed by atoms with E-state index in [1.807, 2.05) is 12.1 Å². The van der Waals surface area contributed by atoms with Gasteiger partial charge in [-0.1, -0.05) is 43.7 Å². The van der Waals surface area contributed by atoms with Crippen molar-refractivity contribution in [1.29, 1.82) is 0 Å². The molecule has 0 N–H and O–H groups in total. The van der Waals surface area contributed by atoms with E-state index in [4.69, 9.17) is 0 Å². The van der Waals surface area contributed by atoms with Crippen LogP contribution in [0.5, 0.6) is 0 Å². The molecule has 0 aliphatic rings. The molecule has 2 aromatic carbocycles. The van der Waals surface area contributed by atoms with Crippen molar-refractivity contribution in [3.05, 3.63) is 70.8 Å². The Kier molecular flexibility index (Phi) is 4.61. The van der Waals surface area contributed by atoms with E-state index in [0.29, 0.717) is 5.56 Å². The summed E-state index contributed by atoms with van der Waals surface area (Å²) < 4.78 is 26.7. The second kappa shape index (κ2) is 6.42. The summed E-state index contributed by atoms with van der Waals surface area (Å²) in [5, 5.41) is 0. The summed E-state index contributed by atoms with van der Waals surface area (Å²) in [5.41, 5.74) is 1.28. The SMILES string of the molecule is CCCCc1ccc(C(=O)c2cccc(F)c2F)cc1. The molecule has 2 aromatic rings. The minimum Gasteiger partial charge on any atom is -0.288 e. The van der Waals surface area contributed by atoms with Crippen molar-refractivity contribution < 1.29 is 13.6 Å².